The largest absolute Gasteiger partial charge is 0.545 e. The Morgan fingerprint density at radius 1 is 1.41 bits per heavy atom. The van der Waals surface area contributed by atoms with Crippen LogP contribution < -0.4 is 10.4 Å². The number of carbonyl (C=O) groups is 1. The number of oxime groups is 1. The van der Waals surface area contributed by atoms with E-state index < -0.39 is 5.97 Å². The molecule has 1 N–H and O–H groups in total. The third-order valence-electron chi connectivity index (χ3n) is 2.05. The van der Waals surface area contributed by atoms with Crippen molar-refractivity contribution in [3.05, 3.63) is 53.9 Å². The molecule has 0 saturated heterocycles. The first-order chi connectivity index (χ1) is 8.25. The Hall–Kier alpha value is -2.56. The second-order valence-corrected chi connectivity index (χ2v) is 3.28. The summed E-state index contributed by atoms with van der Waals surface area (Å²) in [5.41, 5.74) is 1.45. The van der Waals surface area contributed by atoms with Gasteiger partial charge in [-0.2, -0.15) is 0 Å². The standard InChI is InChI=1S/C12H10N2O3/c15-12(16)9-3-1-4-10(7-9)14-11-5-2-6-17-13-8-11/h1-8,14H,(H,15,16)/p-1. The Morgan fingerprint density at radius 2 is 2.29 bits per heavy atom. The van der Waals surface area contributed by atoms with Gasteiger partial charge in [-0.25, -0.2) is 0 Å². The van der Waals surface area contributed by atoms with Crippen LogP contribution in [0.1, 0.15) is 10.4 Å². The maximum Gasteiger partial charge on any atom is 0.122 e. The number of allylic oxidation sites excluding steroid dienone is 3. The van der Waals surface area contributed by atoms with Crippen molar-refractivity contribution < 1.29 is 14.7 Å². The van der Waals surface area contributed by atoms with E-state index in [1.54, 1.807) is 24.3 Å². The number of hydrogen-bond donors (Lipinski definition) is 1. The summed E-state index contributed by atoms with van der Waals surface area (Å²) in [6, 6.07) is 6.34. The number of nitrogens with zero attached hydrogens (tertiary/aromatic N) is 1. The summed E-state index contributed by atoms with van der Waals surface area (Å²) < 4.78 is 0. The van der Waals surface area contributed by atoms with Crippen molar-refractivity contribution in [3.8, 4) is 0 Å². The molecule has 2 rings (SSSR count). The second-order valence-electron chi connectivity index (χ2n) is 3.28. The smallest absolute Gasteiger partial charge is 0.122 e. The maximum atomic E-state index is 10.7. The molecular formula is C12H9N2O3-. The number of anilines is 1. The van der Waals surface area contributed by atoms with E-state index in [4.69, 9.17) is 4.84 Å². The molecule has 1 aliphatic heterocycles. The molecule has 86 valence electrons. The van der Waals surface area contributed by atoms with E-state index in [9.17, 15) is 9.90 Å². The molecule has 1 aromatic carbocycles. The minimum absolute atomic E-state index is 0.118. The molecule has 0 aromatic heterocycles. The van der Waals surface area contributed by atoms with Crippen LogP contribution in [0.3, 0.4) is 0 Å². The van der Waals surface area contributed by atoms with Gasteiger partial charge in [-0.3, -0.25) is 0 Å². The first kappa shape index (κ1) is 10.9. The van der Waals surface area contributed by atoms with E-state index in [0.29, 0.717) is 11.4 Å². The number of nitrogens with one attached hydrogen (secondary N) is 1. The Morgan fingerprint density at radius 3 is 3.12 bits per heavy atom. The lowest BCUT2D eigenvalue weighted by Crippen LogP contribution is -2.22. The number of carboxylic acids is 1. The van der Waals surface area contributed by atoms with Gasteiger partial charge in [0.05, 0.1) is 17.9 Å². The van der Waals surface area contributed by atoms with Crippen LogP contribution in [0.2, 0.25) is 0 Å². The fourth-order valence-corrected chi connectivity index (χ4v) is 1.31. The van der Waals surface area contributed by atoms with Crippen molar-refractivity contribution in [1.29, 1.82) is 0 Å². The summed E-state index contributed by atoms with van der Waals surface area (Å²) in [5, 5.41) is 17.3. The lowest BCUT2D eigenvalue weighted by atomic mass is 10.2. The lowest BCUT2D eigenvalue weighted by molar-refractivity contribution is -0.255. The molecule has 0 spiro atoms. The summed E-state index contributed by atoms with van der Waals surface area (Å²) in [7, 11) is 0. The number of aromatic carboxylic acids is 1. The van der Waals surface area contributed by atoms with E-state index in [1.807, 2.05) is 0 Å². The summed E-state index contributed by atoms with van der Waals surface area (Å²) in [6.45, 7) is 0. The molecule has 0 aliphatic carbocycles. The van der Waals surface area contributed by atoms with Crippen LogP contribution in [0.4, 0.5) is 5.69 Å². The van der Waals surface area contributed by atoms with Gasteiger partial charge in [0.15, 0.2) is 0 Å². The molecule has 0 unspecified atom stereocenters. The van der Waals surface area contributed by atoms with E-state index in [-0.39, 0.29) is 5.56 Å². The molecule has 5 nitrogen and oxygen atoms in total. The topological polar surface area (TPSA) is 73.8 Å². The number of carboxylic acid groups (broad SMARTS) is 1. The minimum atomic E-state index is -1.21. The van der Waals surface area contributed by atoms with E-state index in [2.05, 4.69) is 10.5 Å². The van der Waals surface area contributed by atoms with E-state index >= 15 is 0 Å². The number of hydrogen-bond acceptors (Lipinski definition) is 5. The highest BCUT2D eigenvalue weighted by Gasteiger charge is 1.99. The number of benzene rings is 1. The Kier molecular flexibility index (Phi) is 3.20. The molecule has 0 bridgehead atoms. The van der Waals surface area contributed by atoms with Gasteiger partial charge >= 0.3 is 0 Å². The fourth-order valence-electron chi connectivity index (χ4n) is 1.31. The lowest BCUT2D eigenvalue weighted by Gasteiger charge is -2.08. The van der Waals surface area contributed by atoms with Crippen molar-refractivity contribution in [2.24, 2.45) is 5.16 Å². The van der Waals surface area contributed by atoms with Gasteiger partial charge in [0.25, 0.3) is 0 Å². The fraction of sp³-hybridized carbons (Fsp3) is 0. The highest BCUT2D eigenvalue weighted by atomic mass is 16.6. The van der Waals surface area contributed by atoms with Crippen LogP contribution in [0, 0.1) is 0 Å². The Labute approximate surface area is 97.7 Å². The molecule has 1 aromatic rings. The van der Waals surface area contributed by atoms with E-state index in [0.717, 1.165) is 0 Å². The van der Waals surface area contributed by atoms with Gasteiger partial charge in [-0.05, 0) is 29.8 Å². The zero-order chi connectivity index (χ0) is 12.1. The first-order valence-corrected chi connectivity index (χ1v) is 4.90. The van der Waals surface area contributed by atoms with Crippen LogP contribution in [0.15, 0.2) is 53.5 Å². The molecule has 1 aliphatic rings. The van der Waals surface area contributed by atoms with Crippen LogP contribution in [-0.4, -0.2) is 12.2 Å². The highest BCUT2D eigenvalue weighted by Crippen LogP contribution is 2.12. The maximum absolute atomic E-state index is 10.7. The van der Waals surface area contributed by atoms with Crippen LogP contribution in [-0.2, 0) is 4.84 Å². The van der Waals surface area contributed by atoms with E-state index in [1.165, 1.54) is 24.6 Å². The number of rotatable bonds is 3. The average Bonchev–Trinajstić information content (AvgIpc) is 2.58. The van der Waals surface area contributed by atoms with Crippen molar-refractivity contribution >= 4 is 17.9 Å². The third kappa shape index (κ3) is 2.94. The molecule has 0 fully saturated rings. The number of carbonyl (C=O) groups excluding carboxylic acids is 1. The zero-order valence-electron chi connectivity index (χ0n) is 8.79. The van der Waals surface area contributed by atoms with Crippen molar-refractivity contribution in [2.75, 3.05) is 5.32 Å². The second kappa shape index (κ2) is 4.98. The average molecular weight is 229 g/mol. The molecule has 0 amide bonds. The molecule has 0 radical (unpaired) electrons. The first-order valence-electron chi connectivity index (χ1n) is 4.90. The van der Waals surface area contributed by atoms with Crippen LogP contribution >= 0.6 is 0 Å². The molecule has 17 heavy (non-hydrogen) atoms. The molecule has 1 heterocycles. The van der Waals surface area contributed by atoms with Gasteiger partial charge in [0.1, 0.15) is 6.26 Å². The van der Waals surface area contributed by atoms with Crippen molar-refractivity contribution in [3.63, 3.8) is 0 Å². The van der Waals surface area contributed by atoms with Crippen molar-refractivity contribution in [2.45, 2.75) is 0 Å². The SMILES string of the molecule is O=C([O-])c1cccc(NC2=CC=CON=C2)c1. The zero-order valence-corrected chi connectivity index (χ0v) is 8.79. The molecule has 0 atom stereocenters. The van der Waals surface area contributed by atoms with Crippen LogP contribution in [0.5, 0.6) is 0 Å². The van der Waals surface area contributed by atoms with Crippen molar-refractivity contribution in [1.82, 2.24) is 0 Å². The molecule has 5 heteroatoms. The monoisotopic (exact) mass is 229 g/mol. The van der Waals surface area contributed by atoms with Gasteiger partial charge in [0, 0.05) is 5.69 Å². The van der Waals surface area contributed by atoms with Gasteiger partial charge < -0.3 is 20.1 Å². The van der Waals surface area contributed by atoms with Crippen LogP contribution in [0.25, 0.3) is 0 Å². The quantitative estimate of drug-likeness (QED) is 0.834. The summed E-state index contributed by atoms with van der Waals surface area (Å²) in [5.74, 6) is -1.21. The summed E-state index contributed by atoms with van der Waals surface area (Å²) in [6.07, 6.45) is 6.36. The highest BCUT2D eigenvalue weighted by molar-refractivity contribution is 5.88. The third-order valence-corrected chi connectivity index (χ3v) is 2.05. The summed E-state index contributed by atoms with van der Waals surface area (Å²) in [4.78, 5) is 15.4. The molecule has 0 saturated carbocycles. The molecular weight excluding hydrogens is 220 g/mol. The normalized spacial score (nSPS) is 13.5. The summed E-state index contributed by atoms with van der Waals surface area (Å²) >= 11 is 0. The van der Waals surface area contributed by atoms with Gasteiger partial charge in [-0.1, -0.05) is 17.3 Å². The minimum Gasteiger partial charge on any atom is -0.545 e. The Bertz CT molecular complexity index is 518. The van der Waals surface area contributed by atoms with Gasteiger partial charge in [0.2, 0.25) is 0 Å². The predicted molar refractivity (Wildman–Crippen MR) is 61.2 cm³/mol. The predicted octanol–water partition coefficient (Wildman–Crippen LogP) is 0.876. The Balaban J connectivity index is 2.18. The van der Waals surface area contributed by atoms with Gasteiger partial charge in [-0.15, -0.1) is 0 Å².